The molecule has 3 nitrogen and oxygen atoms in total. The van der Waals surface area contributed by atoms with E-state index in [9.17, 15) is 15.3 Å². The van der Waals surface area contributed by atoms with Gasteiger partial charge in [0.15, 0.2) is 0 Å². The van der Waals surface area contributed by atoms with Crippen LogP contribution >= 0.6 is 0 Å². The molecule has 1 aromatic carbocycles. The van der Waals surface area contributed by atoms with E-state index >= 15 is 0 Å². The van der Waals surface area contributed by atoms with Crippen LogP contribution in [0.5, 0.6) is 5.75 Å². The first-order chi connectivity index (χ1) is 9.52. The molecule has 0 saturated heterocycles. The van der Waals surface area contributed by atoms with Gasteiger partial charge in [-0.15, -0.1) is 0 Å². The average Bonchev–Trinajstić information content (AvgIpc) is 2.33. The Labute approximate surface area is 128 Å². The number of phenolic OH excluding ortho intramolecular Hbond substituents is 1. The lowest BCUT2D eigenvalue weighted by molar-refractivity contribution is 0.219. The number of benzene rings is 1. The van der Waals surface area contributed by atoms with E-state index in [-0.39, 0.29) is 30.0 Å². The predicted molar refractivity (Wildman–Crippen MR) is 87.0 cm³/mol. The maximum atomic E-state index is 10.7. The molecule has 1 aromatic rings. The topological polar surface area (TPSA) is 60.7 Å². The summed E-state index contributed by atoms with van der Waals surface area (Å²) >= 11 is 0. The van der Waals surface area contributed by atoms with E-state index in [1.54, 1.807) is 0 Å². The van der Waals surface area contributed by atoms with Crippen molar-refractivity contribution in [2.24, 2.45) is 0 Å². The first-order valence-electron chi connectivity index (χ1n) is 7.62. The second kappa shape index (κ2) is 6.37. The van der Waals surface area contributed by atoms with Crippen LogP contribution in [0.15, 0.2) is 12.1 Å². The maximum absolute atomic E-state index is 10.7. The van der Waals surface area contributed by atoms with Crippen LogP contribution in [0.2, 0.25) is 0 Å². The monoisotopic (exact) mass is 294 g/mol. The zero-order valence-electron chi connectivity index (χ0n) is 14.2. The molecule has 0 saturated carbocycles. The Bertz CT molecular complexity index is 443. The summed E-state index contributed by atoms with van der Waals surface area (Å²) in [7, 11) is 0. The Morgan fingerprint density at radius 3 is 1.62 bits per heavy atom. The maximum Gasteiger partial charge on any atom is 0.123 e. The third-order valence-electron chi connectivity index (χ3n) is 3.92. The van der Waals surface area contributed by atoms with E-state index < -0.39 is 0 Å². The molecular formula is C18H30O3. The minimum absolute atomic E-state index is 0.00149. The van der Waals surface area contributed by atoms with Crippen molar-refractivity contribution in [2.75, 3.05) is 13.2 Å². The van der Waals surface area contributed by atoms with Gasteiger partial charge in [0.05, 0.1) is 6.61 Å². The lowest BCUT2D eigenvalue weighted by atomic mass is 9.77. The van der Waals surface area contributed by atoms with E-state index in [0.717, 1.165) is 16.7 Å². The average molecular weight is 294 g/mol. The fraction of sp³-hybridized carbons (Fsp3) is 0.667. The third kappa shape index (κ3) is 4.21. The minimum atomic E-state index is -0.181. The van der Waals surface area contributed by atoms with Crippen molar-refractivity contribution < 1.29 is 15.3 Å². The van der Waals surface area contributed by atoms with Crippen LogP contribution in [0.1, 0.15) is 70.6 Å². The van der Waals surface area contributed by atoms with Crippen molar-refractivity contribution in [3.8, 4) is 5.75 Å². The van der Waals surface area contributed by atoms with Crippen LogP contribution < -0.4 is 0 Å². The van der Waals surface area contributed by atoms with E-state index in [0.29, 0.717) is 12.2 Å². The van der Waals surface area contributed by atoms with Crippen LogP contribution in [0.25, 0.3) is 0 Å². The highest BCUT2D eigenvalue weighted by Gasteiger charge is 2.27. The Morgan fingerprint density at radius 2 is 1.33 bits per heavy atom. The first kappa shape index (κ1) is 18.0. The number of aromatic hydroxyl groups is 1. The molecule has 0 fully saturated rings. The van der Waals surface area contributed by atoms with Gasteiger partial charge in [-0.2, -0.15) is 0 Å². The summed E-state index contributed by atoms with van der Waals surface area (Å²) in [5.74, 6) is 0.247. The van der Waals surface area contributed by atoms with Gasteiger partial charge >= 0.3 is 0 Å². The molecule has 1 atom stereocenters. The molecule has 0 aliphatic rings. The molecule has 3 N–H and O–H groups in total. The van der Waals surface area contributed by atoms with Crippen molar-refractivity contribution >= 4 is 0 Å². The summed E-state index contributed by atoms with van der Waals surface area (Å²) in [4.78, 5) is 0. The number of aliphatic hydroxyl groups excluding tert-OH is 2. The normalized spacial score (nSPS) is 14.3. The molecule has 0 heterocycles. The van der Waals surface area contributed by atoms with E-state index in [1.807, 2.05) is 12.1 Å². The highest BCUT2D eigenvalue weighted by atomic mass is 16.3. The SMILES string of the molecule is CC(C)(C)c1cc([C@@H](CO)CCO)cc(C(C)(C)C)c1O. The van der Waals surface area contributed by atoms with Crippen molar-refractivity contribution in [1.82, 2.24) is 0 Å². The van der Waals surface area contributed by atoms with Gasteiger partial charge in [-0.1, -0.05) is 53.7 Å². The number of rotatable bonds is 4. The van der Waals surface area contributed by atoms with Gasteiger partial charge in [-0.25, -0.2) is 0 Å². The summed E-state index contributed by atoms with van der Waals surface area (Å²) in [5, 5.41) is 29.4. The van der Waals surface area contributed by atoms with Crippen molar-refractivity contribution in [3.63, 3.8) is 0 Å². The molecular weight excluding hydrogens is 264 g/mol. The number of hydrogen-bond acceptors (Lipinski definition) is 3. The Morgan fingerprint density at radius 1 is 0.905 bits per heavy atom. The number of phenols is 1. The predicted octanol–water partition coefficient (Wildman–Crippen LogP) is 3.45. The van der Waals surface area contributed by atoms with Crippen LogP contribution in [0.4, 0.5) is 0 Å². The van der Waals surface area contributed by atoms with Gasteiger partial charge < -0.3 is 15.3 Å². The molecule has 0 bridgehead atoms. The second-order valence-electron chi connectivity index (χ2n) is 7.86. The van der Waals surface area contributed by atoms with Crippen LogP contribution in [-0.4, -0.2) is 28.5 Å². The molecule has 0 aromatic heterocycles. The lowest BCUT2D eigenvalue weighted by Crippen LogP contribution is -2.19. The van der Waals surface area contributed by atoms with Crippen molar-refractivity contribution in [2.45, 2.75) is 64.7 Å². The summed E-state index contributed by atoms with van der Waals surface area (Å²) in [6.45, 7) is 12.4. The number of hydrogen-bond donors (Lipinski definition) is 3. The summed E-state index contributed by atoms with van der Waals surface area (Å²) in [5.41, 5.74) is 2.40. The second-order valence-corrected chi connectivity index (χ2v) is 7.86. The first-order valence-corrected chi connectivity index (χ1v) is 7.62. The molecule has 1 rings (SSSR count). The van der Waals surface area contributed by atoms with Crippen LogP contribution in [0.3, 0.4) is 0 Å². The van der Waals surface area contributed by atoms with E-state index in [2.05, 4.69) is 41.5 Å². The van der Waals surface area contributed by atoms with Gasteiger partial charge in [0.25, 0.3) is 0 Å². The molecule has 3 heteroatoms. The van der Waals surface area contributed by atoms with Gasteiger partial charge in [-0.3, -0.25) is 0 Å². The molecule has 120 valence electrons. The highest BCUT2D eigenvalue weighted by Crippen LogP contribution is 2.41. The molecule has 0 unspecified atom stereocenters. The van der Waals surface area contributed by atoms with Gasteiger partial charge in [0, 0.05) is 12.5 Å². The third-order valence-corrected chi connectivity index (χ3v) is 3.92. The molecule has 21 heavy (non-hydrogen) atoms. The fourth-order valence-electron chi connectivity index (χ4n) is 2.56. The van der Waals surface area contributed by atoms with Gasteiger partial charge in [-0.05, 0) is 33.9 Å². The molecule has 0 aliphatic heterocycles. The summed E-state index contributed by atoms with van der Waals surface area (Å²) < 4.78 is 0. The lowest BCUT2D eigenvalue weighted by Gasteiger charge is -2.29. The smallest absolute Gasteiger partial charge is 0.123 e. The summed E-state index contributed by atoms with van der Waals surface area (Å²) in [6.07, 6.45) is 0.522. The Kier molecular flexibility index (Phi) is 5.46. The quantitative estimate of drug-likeness (QED) is 0.797. The van der Waals surface area contributed by atoms with Gasteiger partial charge in [0.1, 0.15) is 5.75 Å². The number of aliphatic hydroxyl groups is 2. The largest absolute Gasteiger partial charge is 0.507 e. The molecule has 0 radical (unpaired) electrons. The molecule has 0 aliphatic carbocycles. The van der Waals surface area contributed by atoms with Crippen LogP contribution in [-0.2, 0) is 10.8 Å². The standard InChI is InChI=1S/C18H30O3/c1-17(2,3)14-9-13(12(11-20)7-8-19)10-15(16(14)21)18(4,5)6/h9-10,12,19-21H,7-8,11H2,1-6H3/t12-/m1/s1. The Hall–Kier alpha value is -1.06. The van der Waals surface area contributed by atoms with Crippen molar-refractivity contribution in [1.29, 1.82) is 0 Å². The van der Waals surface area contributed by atoms with E-state index in [1.165, 1.54) is 0 Å². The van der Waals surface area contributed by atoms with E-state index in [4.69, 9.17) is 0 Å². The van der Waals surface area contributed by atoms with Crippen LogP contribution in [0, 0.1) is 0 Å². The molecule has 0 amide bonds. The zero-order chi connectivity index (χ0) is 16.4. The summed E-state index contributed by atoms with van der Waals surface area (Å²) in [6, 6.07) is 3.95. The zero-order valence-corrected chi connectivity index (χ0v) is 14.2. The van der Waals surface area contributed by atoms with Crippen molar-refractivity contribution in [3.05, 3.63) is 28.8 Å². The Balaban J connectivity index is 3.54. The molecule has 0 spiro atoms. The van der Waals surface area contributed by atoms with Gasteiger partial charge in [0.2, 0.25) is 0 Å². The fourth-order valence-corrected chi connectivity index (χ4v) is 2.56. The highest BCUT2D eigenvalue weighted by molar-refractivity contribution is 5.50. The minimum Gasteiger partial charge on any atom is -0.507 e.